The first-order chi connectivity index (χ1) is 18.8. The summed E-state index contributed by atoms with van der Waals surface area (Å²) in [6.07, 6.45) is 1.94. The predicted molar refractivity (Wildman–Crippen MR) is 157 cm³/mol. The van der Waals surface area contributed by atoms with Crippen molar-refractivity contribution in [1.29, 1.82) is 0 Å². The minimum absolute atomic E-state index is 0.0445. The van der Waals surface area contributed by atoms with E-state index in [4.69, 9.17) is 27.9 Å². The number of hydrogen-bond donors (Lipinski definition) is 2. The number of aromatic amines is 1. The van der Waals surface area contributed by atoms with Gasteiger partial charge < -0.3 is 19.9 Å². The van der Waals surface area contributed by atoms with E-state index < -0.39 is 10.8 Å². The maximum Gasteiger partial charge on any atom is 0.239 e. The molecule has 2 atom stereocenters. The fourth-order valence-corrected chi connectivity index (χ4v) is 6.84. The standard InChI is InChI=1S/C30H29Cl2N3O3S/c1-19-3-10-23(11-4-19)39-30(29(37)33-13-14-38-2)16-27(36)35(18-20-5-7-21(31)8-6-20)28(30)25-17-34-26-15-22(32)9-12-24(25)26/h3-12,15,17,28,34H,13-14,16,18H2,1-2H3,(H,33,37)/t28-,30?/m0/s1. The van der Waals surface area contributed by atoms with Crippen LogP contribution in [0.5, 0.6) is 0 Å². The maximum atomic E-state index is 14.2. The topological polar surface area (TPSA) is 74.4 Å². The van der Waals surface area contributed by atoms with Crippen LogP contribution in [-0.2, 0) is 20.9 Å². The Kier molecular flexibility index (Phi) is 8.24. The minimum atomic E-state index is -1.14. The number of amides is 2. The normalized spacial score (nSPS) is 19.1. The molecule has 0 bridgehead atoms. The Morgan fingerprint density at radius 2 is 1.82 bits per heavy atom. The first-order valence-corrected chi connectivity index (χ1v) is 14.2. The zero-order valence-electron chi connectivity index (χ0n) is 21.7. The number of aromatic nitrogens is 1. The van der Waals surface area contributed by atoms with E-state index in [-0.39, 0.29) is 18.2 Å². The number of methoxy groups -OCH3 is 1. The molecule has 0 spiro atoms. The Labute approximate surface area is 242 Å². The van der Waals surface area contributed by atoms with Gasteiger partial charge in [-0.2, -0.15) is 0 Å². The number of fused-ring (bicyclic) bond motifs is 1. The lowest BCUT2D eigenvalue weighted by atomic mass is 9.91. The molecule has 6 nitrogen and oxygen atoms in total. The summed E-state index contributed by atoms with van der Waals surface area (Å²) in [7, 11) is 1.59. The van der Waals surface area contributed by atoms with Crippen molar-refractivity contribution in [2.45, 2.75) is 35.6 Å². The molecule has 1 aliphatic rings. The first kappa shape index (κ1) is 27.6. The Morgan fingerprint density at radius 3 is 2.54 bits per heavy atom. The molecule has 2 amide bonds. The number of nitrogens with zero attached hydrogens (tertiary/aromatic N) is 1. The number of nitrogens with one attached hydrogen (secondary N) is 2. The van der Waals surface area contributed by atoms with Crippen molar-refractivity contribution in [2.75, 3.05) is 20.3 Å². The zero-order valence-corrected chi connectivity index (χ0v) is 24.0. The average Bonchev–Trinajstić information content (AvgIpc) is 3.44. The second-order valence-electron chi connectivity index (χ2n) is 9.71. The van der Waals surface area contributed by atoms with Gasteiger partial charge in [0.25, 0.3) is 0 Å². The van der Waals surface area contributed by atoms with E-state index in [0.717, 1.165) is 32.5 Å². The number of benzene rings is 3. The van der Waals surface area contributed by atoms with Crippen LogP contribution in [0.15, 0.2) is 77.8 Å². The van der Waals surface area contributed by atoms with E-state index in [1.165, 1.54) is 11.8 Å². The quantitative estimate of drug-likeness (QED) is 0.220. The van der Waals surface area contributed by atoms with Crippen molar-refractivity contribution in [3.8, 4) is 0 Å². The summed E-state index contributed by atoms with van der Waals surface area (Å²) in [6, 6.07) is 20.5. The number of halogens is 2. The number of carbonyl (C=O) groups is 2. The van der Waals surface area contributed by atoms with Gasteiger partial charge in [-0.3, -0.25) is 9.59 Å². The number of H-pyrrole nitrogens is 1. The number of thioether (sulfide) groups is 1. The minimum Gasteiger partial charge on any atom is -0.383 e. The van der Waals surface area contributed by atoms with E-state index in [1.807, 2.05) is 84.8 Å². The van der Waals surface area contributed by atoms with Gasteiger partial charge in [-0.05, 0) is 48.9 Å². The Hall–Kier alpha value is -2.97. The van der Waals surface area contributed by atoms with Crippen molar-refractivity contribution in [2.24, 2.45) is 0 Å². The van der Waals surface area contributed by atoms with Gasteiger partial charge in [0.2, 0.25) is 11.8 Å². The highest BCUT2D eigenvalue weighted by atomic mass is 35.5. The van der Waals surface area contributed by atoms with Gasteiger partial charge in [0.05, 0.1) is 19.1 Å². The molecule has 1 unspecified atom stereocenters. The summed E-state index contributed by atoms with van der Waals surface area (Å²) in [6.45, 7) is 3.07. The van der Waals surface area contributed by atoms with Crippen LogP contribution in [0.2, 0.25) is 10.0 Å². The van der Waals surface area contributed by atoms with Crippen LogP contribution in [-0.4, -0.2) is 46.7 Å². The Bertz CT molecular complexity index is 1490. The fourth-order valence-electron chi connectivity index (χ4n) is 5.13. The van der Waals surface area contributed by atoms with E-state index in [9.17, 15) is 9.59 Å². The molecule has 0 saturated carbocycles. The molecular weight excluding hydrogens is 553 g/mol. The highest BCUT2D eigenvalue weighted by molar-refractivity contribution is 8.01. The second-order valence-corrected chi connectivity index (χ2v) is 12.0. The molecule has 0 radical (unpaired) electrons. The van der Waals surface area contributed by atoms with Gasteiger partial charge in [-0.15, -0.1) is 11.8 Å². The third-order valence-electron chi connectivity index (χ3n) is 7.02. The molecule has 9 heteroatoms. The molecule has 2 heterocycles. The molecule has 1 fully saturated rings. The SMILES string of the molecule is COCCNC(=O)C1(Sc2ccc(C)cc2)CC(=O)N(Cc2ccc(Cl)cc2)[C@H]1c1c[nH]c2cc(Cl)ccc12. The molecular formula is C30H29Cl2N3O3S. The Morgan fingerprint density at radius 1 is 1.10 bits per heavy atom. The summed E-state index contributed by atoms with van der Waals surface area (Å²) >= 11 is 13.8. The van der Waals surface area contributed by atoms with Crippen LogP contribution in [0, 0.1) is 6.92 Å². The van der Waals surface area contributed by atoms with E-state index >= 15 is 0 Å². The number of aryl methyl sites for hydroxylation is 1. The molecule has 4 aromatic rings. The average molecular weight is 583 g/mol. The Balaban J connectivity index is 1.66. The summed E-state index contributed by atoms with van der Waals surface area (Å²) < 4.78 is 4.05. The maximum absolute atomic E-state index is 14.2. The number of hydrogen-bond acceptors (Lipinski definition) is 4. The van der Waals surface area contributed by atoms with Gasteiger partial charge in [-0.1, -0.05) is 59.1 Å². The zero-order chi connectivity index (χ0) is 27.6. The molecule has 0 aliphatic carbocycles. The lowest BCUT2D eigenvalue weighted by molar-refractivity contribution is -0.129. The lowest BCUT2D eigenvalue weighted by Gasteiger charge is -2.36. The summed E-state index contributed by atoms with van der Waals surface area (Å²) in [4.78, 5) is 34.1. The van der Waals surface area contributed by atoms with Crippen LogP contribution in [0.25, 0.3) is 10.9 Å². The number of carbonyl (C=O) groups excluding carboxylic acids is 2. The van der Waals surface area contributed by atoms with E-state index in [1.54, 1.807) is 7.11 Å². The predicted octanol–water partition coefficient (Wildman–Crippen LogP) is 6.55. The van der Waals surface area contributed by atoms with Crippen molar-refractivity contribution >= 4 is 57.7 Å². The molecule has 1 aliphatic heterocycles. The second kappa shape index (κ2) is 11.6. The van der Waals surface area contributed by atoms with Crippen LogP contribution in [0.1, 0.15) is 29.2 Å². The van der Waals surface area contributed by atoms with Gasteiger partial charge in [0.1, 0.15) is 4.75 Å². The van der Waals surface area contributed by atoms with E-state index in [2.05, 4.69) is 10.3 Å². The van der Waals surface area contributed by atoms with Gasteiger partial charge >= 0.3 is 0 Å². The molecule has 39 heavy (non-hydrogen) atoms. The molecule has 2 N–H and O–H groups in total. The first-order valence-electron chi connectivity index (χ1n) is 12.6. The highest BCUT2D eigenvalue weighted by Gasteiger charge is 2.58. The monoisotopic (exact) mass is 581 g/mol. The molecule has 5 rings (SSSR count). The van der Waals surface area contributed by atoms with Gasteiger partial charge in [-0.25, -0.2) is 0 Å². The number of rotatable bonds is 9. The van der Waals surface area contributed by atoms with Crippen LogP contribution in [0.4, 0.5) is 0 Å². The van der Waals surface area contributed by atoms with Crippen molar-refractivity contribution in [3.63, 3.8) is 0 Å². The third kappa shape index (κ3) is 5.68. The van der Waals surface area contributed by atoms with Crippen molar-refractivity contribution in [1.82, 2.24) is 15.2 Å². The molecule has 1 aromatic heterocycles. The fraction of sp³-hybridized carbons (Fsp3) is 0.267. The molecule has 1 saturated heterocycles. The summed E-state index contributed by atoms with van der Waals surface area (Å²) in [5, 5.41) is 5.19. The largest absolute Gasteiger partial charge is 0.383 e. The van der Waals surface area contributed by atoms with E-state index in [0.29, 0.717) is 29.7 Å². The number of likely N-dealkylation sites (tertiary alicyclic amines) is 1. The summed E-state index contributed by atoms with van der Waals surface area (Å²) in [5.41, 5.74) is 3.76. The van der Waals surface area contributed by atoms with Crippen LogP contribution >= 0.6 is 35.0 Å². The highest BCUT2D eigenvalue weighted by Crippen LogP contribution is 2.54. The van der Waals surface area contributed by atoms with Gasteiger partial charge in [0.15, 0.2) is 0 Å². The van der Waals surface area contributed by atoms with Gasteiger partial charge in [0, 0.05) is 57.8 Å². The number of ether oxygens (including phenoxy) is 1. The van der Waals surface area contributed by atoms with Crippen LogP contribution in [0.3, 0.4) is 0 Å². The smallest absolute Gasteiger partial charge is 0.239 e. The molecule has 3 aromatic carbocycles. The van der Waals surface area contributed by atoms with Crippen molar-refractivity contribution < 1.29 is 14.3 Å². The third-order valence-corrected chi connectivity index (χ3v) is 8.93. The summed E-state index contributed by atoms with van der Waals surface area (Å²) in [5.74, 6) is -0.301. The van der Waals surface area contributed by atoms with Crippen LogP contribution < -0.4 is 5.32 Å². The van der Waals surface area contributed by atoms with Crippen molar-refractivity contribution in [3.05, 3.63) is 99.7 Å². The molecule has 202 valence electrons. The lowest BCUT2D eigenvalue weighted by Crippen LogP contribution is -2.48.